The monoisotopic (exact) mass is 720 g/mol. The molecule has 0 radical (unpaired) electrons. The van der Waals surface area contributed by atoms with E-state index in [1.54, 1.807) is 13.4 Å². The van der Waals surface area contributed by atoms with Gasteiger partial charge in [-0.25, -0.2) is 18.5 Å². The maximum atomic E-state index is 13.1. The second kappa shape index (κ2) is 15.7. The third-order valence-corrected chi connectivity index (χ3v) is 11.9. The number of ether oxygens (including phenoxy) is 2. The lowest BCUT2D eigenvalue weighted by molar-refractivity contribution is 0.145. The van der Waals surface area contributed by atoms with Crippen molar-refractivity contribution >= 4 is 61.8 Å². The average Bonchev–Trinajstić information content (AvgIpc) is 3.51. The van der Waals surface area contributed by atoms with Crippen LogP contribution in [0, 0.1) is 0 Å². The molecule has 0 amide bonds. The van der Waals surface area contributed by atoms with E-state index < -0.39 is 11.0 Å². The number of nitrogens with zero attached hydrogens (tertiary/aromatic N) is 8. The Morgan fingerprint density at radius 1 is 0.900 bits per heavy atom. The summed E-state index contributed by atoms with van der Waals surface area (Å²) in [5.41, 5.74) is 2.62. The van der Waals surface area contributed by atoms with Gasteiger partial charge in [-0.2, -0.15) is 0 Å². The number of H-pyrrole nitrogens is 1. The number of thiocarbonyl (C=S) groups is 1. The van der Waals surface area contributed by atoms with Crippen LogP contribution < -0.4 is 19.7 Å². The Hall–Kier alpha value is -3.60. The normalized spacial score (nSPS) is 19.3. The Balaban J connectivity index is 0.963. The van der Waals surface area contributed by atoms with Gasteiger partial charge in [0.1, 0.15) is 28.8 Å². The van der Waals surface area contributed by atoms with Crippen molar-refractivity contribution in [2.75, 3.05) is 123 Å². The molecule has 0 bridgehead atoms. The molecule has 2 N–H and O–H groups in total. The van der Waals surface area contributed by atoms with Crippen LogP contribution in [0.3, 0.4) is 0 Å². The molecule has 3 fully saturated rings. The fourth-order valence-electron chi connectivity index (χ4n) is 6.85. The second-order valence-corrected chi connectivity index (χ2v) is 15.2. The van der Waals surface area contributed by atoms with E-state index in [2.05, 4.69) is 53.9 Å². The summed E-state index contributed by atoms with van der Waals surface area (Å²) in [6.07, 6.45) is 2.59. The number of hydrogen-bond donors (Lipinski definition) is 2. The van der Waals surface area contributed by atoms with E-state index in [9.17, 15) is 4.21 Å². The van der Waals surface area contributed by atoms with Crippen molar-refractivity contribution in [3.8, 4) is 11.5 Å². The minimum absolute atomic E-state index is 0.629. The number of nitrogens with one attached hydrogen (secondary N) is 2. The largest absolute Gasteiger partial charge is 0.493 e. The molecule has 50 heavy (non-hydrogen) atoms. The number of likely N-dealkylation sites (N-methyl/N-ethyl adjacent to an activating group) is 2. The molecule has 3 aliphatic rings. The van der Waals surface area contributed by atoms with Gasteiger partial charge in [0, 0.05) is 102 Å². The van der Waals surface area contributed by atoms with E-state index in [1.165, 1.54) is 0 Å². The number of methoxy groups -OCH3 is 1. The summed E-state index contributed by atoms with van der Waals surface area (Å²) in [7, 11) is 4.81. The van der Waals surface area contributed by atoms with Gasteiger partial charge in [-0.3, -0.25) is 0 Å². The van der Waals surface area contributed by atoms with Crippen molar-refractivity contribution in [1.29, 1.82) is 0 Å². The number of anilines is 2. The van der Waals surface area contributed by atoms with Gasteiger partial charge in [-0.1, -0.05) is 0 Å². The predicted molar refractivity (Wildman–Crippen MR) is 204 cm³/mol. The standard InChI is InChI=1S/C35H48N10O3S2/c1-40-10-14-42(15-11-40)9-4-22-48-31-24-29-28(23-30(31)47-3)32-33(39-29)36-25-37-34(32)43-16-18-44(19-17-43)35(49)38-26-5-7-27(8-6-26)50(46)45-20-12-41(2)13-21-45/h5-8,23-25H,4,9-22H2,1-3H3,(H,38,49)(H,36,37,39). The van der Waals surface area contributed by atoms with Crippen molar-refractivity contribution in [2.24, 2.45) is 0 Å². The van der Waals surface area contributed by atoms with Crippen LogP contribution in [0.25, 0.3) is 21.9 Å². The van der Waals surface area contributed by atoms with Crippen molar-refractivity contribution in [1.82, 2.24) is 38.9 Å². The molecule has 0 spiro atoms. The molecule has 7 rings (SSSR count). The van der Waals surface area contributed by atoms with Crippen molar-refractivity contribution in [3.05, 3.63) is 42.7 Å². The first-order valence-electron chi connectivity index (χ1n) is 17.5. The van der Waals surface area contributed by atoms with Crippen molar-refractivity contribution in [2.45, 2.75) is 11.3 Å². The molecule has 3 saturated heterocycles. The Bertz CT molecular complexity index is 1800. The molecule has 0 aliphatic carbocycles. The summed E-state index contributed by atoms with van der Waals surface area (Å²) in [5, 5.41) is 6.05. The summed E-state index contributed by atoms with van der Waals surface area (Å²) in [4.78, 5) is 25.3. The van der Waals surface area contributed by atoms with Gasteiger partial charge >= 0.3 is 0 Å². The summed E-state index contributed by atoms with van der Waals surface area (Å²) in [6, 6.07) is 11.8. The highest BCUT2D eigenvalue weighted by molar-refractivity contribution is 7.82. The fraction of sp³-hybridized carbons (Fsp3) is 0.514. The summed E-state index contributed by atoms with van der Waals surface area (Å²) < 4.78 is 27.1. The van der Waals surface area contributed by atoms with Gasteiger partial charge in [0.15, 0.2) is 16.6 Å². The van der Waals surface area contributed by atoms with Crippen LogP contribution in [0.5, 0.6) is 11.5 Å². The van der Waals surface area contributed by atoms with Crippen LogP contribution in [0.4, 0.5) is 11.5 Å². The number of piperazine rings is 3. The maximum Gasteiger partial charge on any atom is 0.173 e. The van der Waals surface area contributed by atoms with E-state index in [0.717, 1.165) is 136 Å². The number of aromatic amines is 1. The molecule has 1 unspecified atom stereocenters. The zero-order chi connectivity index (χ0) is 34.6. The van der Waals surface area contributed by atoms with E-state index in [1.807, 2.05) is 40.7 Å². The van der Waals surface area contributed by atoms with E-state index in [0.29, 0.717) is 17.5 Å². The molecule has 13 nitrogen and oxygen atoms in total. The second-order valence-electron chi connectivity index (χ2n) is 13.4. The van der Waals surface area contributed by atoms with Gasteiger partial charge in [0.2, 0.25) is 0 Å². The van der Waals surface area contributed by atoms with E-state index >= 15 is 0 Å². The molecular weight excluding hydrogens is 673 g/mol. The van der Waals surface area contributed by atoms with E-state index in [4.69, 9.17) is 26.7 Å². The Morgan fingerprint density at radius 3 is 2.30 bits per heavy atom. The van der Waals surface area contributed by atoms with Gasteiger partial charge in [0.05, 0.1) is 29.5 Å². The molecule has 3 aliphatic heterocycles. The van der Waals surface area contributed by atoms with Crippen LogP contribution in [-0.2, 0) is 11.0 Å². The van der Waals surface area contributed by atoms with Gasteiger partial charge in [-0.15, -0.1) is 0 Å². The first-order chi connectivity index (χ1) is 24.4. The first kappa shape index (κ1) is 34.8. The number of benzene rings is 2. The van der Waals surface area contributed by atoms with Crippen molar-refractivity contribution < 1.29 is 13.7 Å². The van der Waals surface area contributed by atoms with Crippen LogP contribution in [0.15, 0.2) is 47.6 Å². The highest BCUT2D eigenvalue weighted by Gasteiger charge is 2.25. The Kier molecular flexibility index (Phi) is 11.0. The van der Waals surface area contributed by atoms with Crippen LogP contribution in [0.2, 0.25) is 0 Å². The van der Waals surface area contributed by atoms with Gasteiger partial charge < -0.3 is 44.3 Å². The third kappa shape index (κ3) is 7.82. The third-order valence-electron chi connectivity index (χ3n) is 10.00. The number of hydrogen-bond acceptors (Lipinski definition) is 10. The van der Waals surface area contributed by atoms with E-state index in [-0.39, 0.29) is 0 Å². The topological polar surface area (TPSA) is 109 Å². The Morgan fingerprint density at radius 2 is 1.60 bits per heavy atom. The predicted octanol–water partition coefficient (Wildman–Crippen LogP) is 2.93. The molecule has 2 aromatic heterocycles. The molecule has 0 saturated carbocycles. The molecule has 2 aromatic carbocycles. The van der Waals surface area contributed by atoms with Crippen LogP contribution in [0.1, 0.15) is 6.42 Å². The average molecular weight is 721 g/mol. The van der Waals surface area contributed by atoms with Crippen molar-refractivity contribution in [3.63, 3.8) is 0 Å². The summed E-state index contributed by atoms with van der Waals surface area (Å²) >= 11 is 5.81. The molecule has 268 valence electrons. The molecular formula is C35H48N10O3S2. The lowest BCUT2D eigenvalue weighted by atomic mass is 10.1. The SMILES string of the molecule is COc1cc2c(cc1OCCCN1CCN(C)CC1)[nH]c1ncnc(N3CCN(C(=S)Nc4ccc(S(=O)N5CCN(C)CC5)cc4)CC3)c12. The maximum absolute atomic E-state index is 13.1. The van der Waals surface area contributed by atoms with Crippen LogP contribution in [-0.4, -0.2) is 161 Å². The number of rotatable bonds is 10. The molecule has 5 heterocycles. The fourth-order valence-corrected chi connectivity index (χ4v) is 8.31. The number of fused-ring (bicyclic) bond motifs is 3. The molecule has 1 atom stereocenters. The van der Waals surface area contributed by atoms with Gasteiger partial charge in [0.25, 0.3) is 0 Å². The quantitative estimate of drug-likeness (QED) is 0.186. The minimum Gasteiger partial charge on any atom is -0.493 e. The lowest BCUT2D eigenvalue weighted by Crippen LogP contribution is -2.50. The zero-order valence-corrected chi connectivity index (χ0v) is 30.9. The minimum atomic E-state index is -1.15. The summed E-state index contributed by atoms with van der Waals surface area (Å²) in [5.74, 6) is 2.33. The highest BCUT2D eigenvalue weighted by atomic mass is 32.2. The summed E-state index contributed by atoms with van der Waals surface area (Å²) in [6.45, 7) is 12.6. The number of aromatic nitrogens is 3. The highest BCUT2D eigenvalue weighted by Crippen LogP contribution is 2.38. The smallest absolute Gasteiger partial charge is 0.173 e. The zero-order valence-electron chi connectivity index (χ0n) is 29.3. The van der Waals surface area contributed by atoms with Gasteiger partial charge in [-0.05, 0) is 63.1 Å². The Labute approximate surface area is 302 Å². The lowest BCUT2D eigenvalue weighted by Gasteiger charge is -2.37. The molecule has 15 heteroatoms. The van der Waals surface area contributed by atoms with Crippen LogP contribution >= 0.6 is 12.2 Å². The molecule has 4 aromatic rings. The first-order valence-corrected chi connectivity index (χ1v) is 19.0.